The van der Waals surface area contributed by atoms with Gasteiger partial charge in [-0.05, 0) is 43.7 Å². The van der Waals surface area contributed by atoms with Crippen molar-refractivity contribution < 1.29 is 9.47 Å². The minimum atomic E-state index is 0.656. The van der Waals surface area contributed by atoms with Gasteiger partial charge in [-0.25, -0.2) is 0 Å². The predicted molar refractivity (Wildman–Crippen MR) is 66.9 cm³/mol. The summed E-state index contributed by atoms with van der Waals surface area (Å²) in [5, 5.41) is 0. The van der Waals surface area contributed by atoms with Crippen molar-refractivity contribution in [2.75, 3.05) is 20.8 Å². The summed E-state index contributed by atoms with van der Waals surface area (Å²) in [6.07, 6.45) is 2.98. The van der Waals surface area contributed by atoms with Crippen LogP contribution in [0.3, 0.4) is 0 Å². The van der Waals surface area contributed by atoms with Gasteiger partial charge in [-0.3, -0.25) is 0 Å². The standard InChI is InChI=1S/C13H19NO2/c1-10(5-4-8-14)12-9-11(15-2)6-7-13(12)16-3/h5-7,9H,4,8,14H2,1-3H3. The van der Waals surface area contributed by atoms with Gasteiger partial charge in [0.15, 0.2) is 0 Å². The minimum Gasteiger partial charge on any atom is -0.497 e. The Morgan fingerprint density at radius 3 is 2.62 bits per heavy atom. The van der Waals surface area contributed by atoms with Gasteiger partial charge in [-0.2, -0.15) is 0 Å². The van der Waals surface area contributed by atoms with Crippen molar-refractivity contribution >= 4 is 5.57 Å². The van der Waals surface area contributed by atoms with E-state index in [4.69, 9.17) is 15.2 Å². The first-order valence-electron chi connectivity index (χ1n) is 5.32. The van der Waals surface area contributed by atoms with Crippen molar-refractivity contribution in [3.05, 3.63) is 29.8 Å². The largest absolute Gasteiger partial charge is 0.497 e. The van der Waals surface area contributed by atoms with Gasteiger partial charge in [-0.1, -0.05) is 6.08 Å². The number of hydrogen-bond donors (Lipinski definition) is 1. The summed E-state index contributed by atoms with van der Waals surface area (Å²) >= 11 is 0. The van der Waals surface area contributed by atoms with E-state index < -0.39 is 0 Å². The van der Waals surface area contributed by atoms with E-state index in [-0.39, 0.29) is 0 Å². The van der Waals surface area contributed by atoms with Crippen molar-refractivity contribution in [3.63, 3.8) is 0 Å². The highest BCUT2D eigenvalue weighted by molar-refractivity contribution is 5.70. The van der Waals surface area contributed by atoms with Crippen molar-refractivity contribution in [1.82, 2.24) is 0 Å². The summed E-state index contributed by atoms with van der Waals surface area (Å²) in [6.45, 7) is 2.70. The average Bonchev–Trinajstić information content (AvgIpc) is 2.35. The zero-order chi connectivity index (χ0) is 12.0. The molecule has 0 amide bonds. The van der Waals surface area contributed by atoms with Crippen molar-refractivity contribution in [1.29, 1.82) is 0 Å². The molecule has 0 atom stereocenters. The van der Waals surface area contributed by atoms with E-state index in [1.54, 1.807) is 14.2 Å². The summed E-state index contributed by atoms with van der Waals surface area (Å²) in [5.74, 6) is 1.68. The lowest BCUT2D eigenvalue weighted by molar-refractivity contribution is 0.402. The van der Waals surface area contributed by atoms with Crippen LogP contribution in [0, 0.1) is 0 Å². The molecule has 0 fully saturated rings. The van der Waals surface area contributed by atoms with Gasteiger partial charge in [0, 0.05) is 5.56 Å². The Morgan fingerprint density at radius 2 is 2.06 bits per heavy atom. The first-order chi connectivity index (χ1) is 7.72. The van der Waals surface area contributed by atoms with Gasteiger partial charge in [0.1, 0.15) is 11.5 Å². The normalized spacial score (nSPS) is 11.4. The van der Waals surface area contributed by atoms with Gasteiger partial charge >= 0.3 is 0 Å². The molecule has 0 heterocycles. The lowest BCUT2D eigenvalue weighted by Gasteiger charge is -2.10. The molecule has 0 spiro atoms. The maximum Gasteiger partial charge on any atom is 0.126 e. The Balaban J connectivity index is 3.07. The minimum absolute atomic E-state index is 0.656. The number of nitrogens with two attached hydrogens (primary N) is 1. The van der Waals surface area contributed by atoms with Crippen LogP contribution in [-0.4, -0.2) is 20.8 Å². The van der Waals surface area contributed by atoms with E-state index in [1.165, 1.54) is 0 Å². The van der Waals surface area contributed by atoms with E-state index in [0.29, 0.717) is 6.54 Å². The van der Waals surface area contributed by atoms with Crippen LogP contribution in [0.5, 0.6) is 11.5 Å². The molecule has 2 N–H and O–H groups in total. The van der Waals surface area contributed by atoms with Crippen LogP contribution in [0.15, 0.2) is 24.3 Å². The highest BCUT2D eigenvalue weighted by Crippen LogP contribution is 2.29. The third kappa shape index (κ3) is 3.00. The van der Waals surface area contributed by atoms with Crippen LogP contribution >= 0.6 is 0 Å². The summed E-state index contributed by atoms with van der Waals surface area (Å²) < 4.78 is 10.5. The number of ether oxygens (including phenoxy) is 2. The van der Waals surface area contributed by atoms with Crippen molar-refractivity contribution in [3.8, 4) is 11.5 Å². The third-order valence-electron chi connectivity index (χ3n) is 2.45. The van der Waals surface area contributed by atoms with Crippen LogP contribution < -0.4 is 15.2 Å². The van der Waals surface area contributed by atoms with Crippen LogP contribution in [0.4, 0.5) is 0 Å². The zero-order valence-electron chi connectivity index (χ0n) is 10.1. The Labute approximate surface area is 96.9 Å². The van der Waals surface area contributed by atoms with Gasteiger partial charge < -0.3 is 15.2 Å². The number of benzene rings is 1. The Morgan fingerprint density at radius 1 is 1.31 bits per heavy atom. The maximum absolute atomic E-state index is 5.48. The van der Waals surface area contributed by atoms with Crippen LogP contribution in [0.1, 0.15) is 18.9 Å². The summed E-state index contributed by atoms with van der Waals surface area (Å²) in [5.41, 5.74) is 7.69. The molecule has 0 radical (unpaired) electrons. The van der Waals surface area contributed by atoms with E-state index in [2.05, 4.69) is 6.08 Å². The molecule has 0 saturated heterocycles. The van der Waals surface area contributed by atoms with Crippen molar-refractivity contribution in [2.45, 2.75) is 13.3 Å². The van der Waals surface area contributed by atoms with Gasteiger partial charge in [0.2, 0.25) is 0 Å². The second kappa shape index (κ2) is 6.18. The second-order valence-electron chi connectivity index (χ2n) is 3.53. The molecule has 16 heavy (non-hydrogen) atoms. The molecule has 0 aliphatic heterocycles. The fourth-order valence-electron chi connectivity index (χ4n) is 1.53. The van der Waals surface area contributed by atoms with Crippen molar-refractivity contribution in [2.24, 2.45) is 5.73 Å². The molecule has 0 aliphatic rings. The molecule has 0 aliphatic carbocycles. The fourth-order valence-corrected chi connectivity index (χ4v) is 1.53. The molecule has 0 bridgehead atoms. The second-order valence-corrected chi connectivity index (χ2v) is 3.53. The third-order valence-corrected chi connectivity index (χ3v) is 2.45. The number of hydrogen-bond acceptors (Lipinski definition) is 3. The zero-order valence-corrected chi connectivity index (χ0v) is 10.1. The SMILES string of the molecule is COc1ccc(OC)c(C(C)=CCCN)c1. The molecule has 1 aromatic rings. The Bertz CT molecular complexity index is 372. The van der Waals surface area contributed by atoms with Gasteiger partial charge in [0.25, 0.3) is 0 Å². The molecular formula is C13H19NO2. The van der Waals surface area contributed by atoms with Gasteiger partial charge in [-0.15, -0.1) is 0 Å². The first-order valence-corrected chi connectivity index (χ1v) is 5.32. The van der Waals surface area contributed by atoms with E-state index in [0.717, 1.165) is 29.1 Å². The van der Waals surface area contributed by atoms with Gasteiger partial charge in [0.05, 0.1) is 14.2 Å². The summed E-state index contributed by atoms with van der Waals surface area (Å²) in [4.78, 5) is 0. The molecule has 0 unspecified atom stereocenters. The average molecular weight is 221 g/mol. The highest BCUT2D eigenvalue weighted by atomic mass is 16.5. The molecule has 88 valence electrons. The monoisotopic (exact) mass is 221 g/mol. The molecule has 0 saturated carbocycles. The highest BCUT2D eigenvalue weighted by Gasteiger charge is 2.06. The predicted octanol–water partition coefficient (Wildman–Crippen LogP) is 2.46. The molecule has 3 heteroatoms. The maximum atomic E-state index is 5.48. The first kappa shape index (κ1) is 12.6. The summed E-state index contributed by atoms with van der Waals surface area (Å²) in [7, 11) is 3.33. The molecular weight excluding hydrogens is 202 g/mol. The Kier molecular flexibility index (Phi) is 4.86. The number of methoxy groups -OCH3 is 2. The smallest absolute Gasteiger partial charge is 0.126 e. The molecule has 0 aromatic heterocycles. The number of allylic oxidation sites excluding steroid dienone is 1. The van der Waals surface area contributed by atoms with E-state index >= 15 is 0 Å². The number of rotatable bonds is 5. The van der Waals surface area contributed by atoms with Crippen LogP contribution in [0.2, 0.25) is 0 Å². The Hall–Kier alpha value is -1.48. The van der Waals surface area contributed by atoms with E-state index in [1.807, 2.05) is 25.1 Å². The molecule has 3 nitrogen and oxygen atoms in total. The lowest BCUT2D eigenvalue weighted by atomic mass is 10.0. The topological polar surface area (TPSA) is 44.5 Å². The fraction of sp³-hybridized carbons (Fsp3) is 0.385. The summed E-state index contributed by atoms with van der Waals surface area (Å²) in [6, 6.07) is 5.77. The van der Waals surface area contributed by atoms with Crippen LogP contribution in [0.25, 0.3) is 5.57 Å². The van der Waals surface area contributed by atoms with Crippen LogP contribution in [-0.2, 0) is 0 Å². The quantitative estimate of drug-likeness (QED) is 0.830. The lowest BCUT2D eigenvalue weighted by Crippen LogP contribution is -1.97. The molecule has 1 aromatic carbocycles. The van der Waals surface area contributed by atoms with E-state index in [9.17, 15) is 0 Å². The molecule has 1 rings (SSSR count).